The van der Waals surface area contributed by atoms with Crippen molar-refractivity contribution in [3.05, 3.63) is 17.7 Å². The average Bonchev–Trinajstić information content (AvgIpc) is 3.24. The summed E-state index contributed by atoms with van der Waals surface area (Å²) in [6.45, 7) is 7.23. The smallest absolute Gasteiger partial charge is 0.249 e. The number of likely N-dealkylation sites (tertiary alicyclic amines) is 2. The Balaban J connectivity index is 1.50. The van der Waals surface area contributed by atoms with Crippen molar-refractivity contribution < 1.29 is 14.3 Å². The molecule has 0 unspecified atom stereocenters. The van der Waals surface area contributed by atoms with Crippen LogP contribution in [0, 0.1) is 5.92 Å². The molecule has 2 saturated heterocycles. The number of rotatable bonds is 4. The first-order valence-electron chi connectivity index (χ1n) is 10.9. The average molecular weight is 404 g/mol. The second kappa shape index (κ2) is 8.44. The van der Waals surface area contributed by atoms with E-state index in [2.05, 4.69) is 21.8 Å². The fraction of sp³-hybridized carbons (Fsp3) is 0.762. The van der Waals surface area contributed by atoms with E-state index in [4.69, 9.17) is 4.74 Å². The number of fused-ring (bicyclic) bond motifs is 2. The first kappa shape index (κ1) is 20.3. The minimum Gasteiger partial charge on any atom is -0.375 e. The summed E-state index contributed by atoms with van der Waals surface area (Å²) >= 11 is 0. The number of hydrogen-bond donors (Lipinski definition) is 1. The number of nitrogens with one attached hydrogen (secondary N) is 1. The molecule has 1 atom stereocenters. The summed E-state index contributed by atoms with van der Waals surface area (Å²) in [6, 6.07) is 0. The molecule has 2 amide bonds. The van der Waals surface area contributed by atoms with Crippen molar-refractivity contribution in [3.8, 4) is 0 Å². The van der Waals surface area contributed by atoms with Gasteiger partial charge in [0.2, 0.25) is 11.8 Å². The number of imidazole rings is 1. The number of amides is 2. The largest absolute Gasteiger partial charge is 0.375 e. The first-order chi connectivity index (χ1) is 14.1. The SMILES string of the molecule is CCN1CCC[C@H](C(=O)N2CCC3(CC2)c2nc[nH]c2CCN3C(=O)COC)C1. The third-order valence-electron chi connectivity index (χ3n) is 7.03. The van der Waals surface area contributed by atoms with Gasteiger partial charge in [-0.3, -0.25) is 9.59 Å². The monoisotopic (exact) mass is 403 g/mol. The van der Waals surface area contributed by atoms with E-state index in [0.29, 0.717) is 19.6 Å². The molecule has 8 heteroatoms. The Morgan fingerprint density at radius 2 is 2.07 bits per heavy atom. The highest BCUT2D eigenvalue weighted by molar-refractivity contribution is 5.80. The highest BCUT2D eigenvalue weighted by Crippen LogP contribution is 2.42. The van der Waals surface area contributed by atoms with Crippen molar-refractivity contribution in [2.75, 3.05) is 53.0 Å². The van der Waals surface area contributed by atoms with Crippen LogP contribution in [0.3, 0.4) is 0 Å². The fourth-order valence-corrected chi connectivity index (χ4v) is 5.45. The third-order valence-corrected chi connectivity index (χ3v) is 7.03. The Morgan fingerprint density at radius 1 is 1.28 bits per heavy atom. The molecule has 29 heavy (non-hydrogen) atoms. The van der Waals surface area contributed by atoms with Crippen molar-refractivity contribution in [1.29, 1.82) is 0 Å². The number of methoxy groups -OCH3 is 1. The molecule has 1 aromatic rings. The molecule has 4 rings (SSSR count). The Bertz CT molecular complexity index is 740. The van der Waals surface area contributed by atoms with Crippen LogP contribution >= 0.6 is 0 Å². The summed E-state index contributed by atoms with van der Waals surface area (Å²) in [4.78, 5) is 40.2. The van der Waals surface area contributed by atoms with E-state index < -0.39 is 5.54 Å². The topological polar surface area (TPSA) is 81.8 Å². The number of carbonyl (C=O) groups excluding carboxylic acids is 2. The molecule has 0 bridgehead atoms. The van der Waals surface area contributed by atoms with Crippen LogP contribution in [0.1, 0.15) is 44.0 Å². The van der Waals surface area contributed by atoms with Gasteiger partial charge in [-0.2, -0.15) is 0 Å². The molecule has 0 radical (unpaired) electrons. The van der Waals surface area contributed by atoms with Gasteiger partial charge in [-0.1, -0.05) is 6.92 Å². The Morgan fingerprint density at radius 3 is 2.79 bits per heavy atom. The van der Waals surface area contributed by atoms with Gasteiger partial charge in [-0.05, 0) is 38.8 Å². The number of carbonyl (C=O) groups is 2. The maximum Gasteiger partial charge on any atom is 0.249 e. The lowest BCUT2D eigenvalue weighted by atomic mass is 9.78. The van der Waals surface area contributed by atoms with E-state index in [1.165, 1.54) is 0 Å². The van der Waals surface area contributed by atoms with Crippen LogP contribution in [0.5, 0.6) is 0 Å². The predicted molar refractivity (Wildman–Crippen MR) is 108 cm³/mol. The molecule has 0 aliphatic carbocycles. The van der Waals surface area contributed by atoms with Gasteiger partial charge >= 0.3 is 0 Å². The van der Waals surface area contributed by atoms with E-state index in [9.17, 15) is 9.59 Å². The number of nitrogens with zero attached hydrogens (tertiary/aromatic N) is 4. The molecule has 160 valence electrons. The minimum absolute atomic E-state index is 0.00629. The Hall–Kier alpha value is -1.93. The third kappa shape index (κ3) is 3.68. The molecule has 8 nitrogen and oxygen atoms in total. The number of piperidine rings is 2. The molecule has 0 saturated carbocycles. The lowest BCUT2D eigenvalue weighted by Gasteiger charge is -2.50. The second-order valence-corrected chi connectivity index (χ2v) is 8.55. The summed E-state index contributed by atoms with van der Waals surface area (Å²) in [5, 5.41) is 0. The minimum atomic E-state index is -0.429. The van der Waals surface area contributed by atoms with Gasteiger partial charge in [0.1, 0.15) is 6.61 Å². The van der Waals surface area contributed by atoms with Crippen LogP contribution in [-0.2, 0) is 26.3 Å². The quantitative estimate of drug-likeness (QED) is 0.811. The van der Waals surface area contributed by atoms with Crippen molar-refractivity contribution in [3.63, 3.8) is 0 Å². The van der Waals surface area contributed by atoms with Crippen LogP contribution in [0.15, 0.2) is 6.33 Å². The summed E-state index contributed by atoms with van der Waals surface area (Å²) in [5.74, 6) is 0.397. The van der Waals surface area contributed by atoms with Gasteiger partial charge in [0, 0.05) is 45.4 Å². The molecule has 3 aliphatic rings. The van der Waals surface area contributed by atoms with Gasteiger partial charge in [-0.25, -0.2) is 4.98 Å². The van der Waals surface area contributed by atoms with Crippen LogP contribution in [0.4, 0.5) is 0 Å². The van der Waals surface area contributed by atoms with Crippen molar-refractivity contribution in [2.45, 2.75) is 44.6 Å². The zero-order valence-corrected chi connectivity index (χ0v) is 17.7. The van der Waals surface area contributed by atoms with Crippen LogP contribution < -0.4 is 0 Å². The van der Waals surface area contributed by atoms with Gasteiger partial charge in [0.15, 0.2) is 0 Å². The summed E-state index contributed by atoms with van der Waals surface area (Å²) in [6.07, 6.45) is 6.06. The molecule has 1 N–H and O–H groups in total. The highest BCUT2D eigenvalue weighted by Gasteiger charge is 2.49. The number of aromatic amines is 1. The normalized spacial score (nSPS) is 24.6. The molecule has 1 aromatic heterocycles. The maximum absolute atomic E-state index is 13.2. The van der Waals surface area contributed by atoms with E-state index in [1.54, 1.807) is 13.4 Å². The summed E-state index contributed by atoms with van der Waals surface area (Å²) in [5.41, 5.74) is 1.68. The second-order valence-electron chi connectivity index (χ2n) is 8.55. The van der Waals surface area contributed by atoms with Gasteiger partial charge in [0.05, 0.1) is 23.5 Å². The standard InChI is InChI=1S/C21H33N5O3/c1-3-24-9-4-5-16(13-24)20(28)25-11-7-21(8-12-25)19-17(22-15-23-19)6-10-26(21)18(27)14-29-2/h15-16H,3-14H2,1-2H3,(H,22,23)/t16-/m0/s1. The number of hydrogen-bond acceptors (Lipinski definition) is 5. The molecule has 3 aliphatic heterocycles. The molecular formula is C21H33N5O3. The zero-order chi connectivity index (χ0) is 20.4. The van der Waals surface area contributed by atoms with Crippen molar-refractivity contribution in [1.82, 2.24) is 24.7 Å². The van der Waals surface area contributed by atoms with Crippen molar-refractivity contribution in [2.24, 2.45) is 5.92 Å². The molecule has 2 fully saturated rings. The summed E-state index contributed by atoms with van der Waals surface area (Å²) in [7, 11) is 1.56. The van der Waals surface area contributed by atoms with Gasteiger partial charge in [0.25, 0.3) is 0 Å². The highest BCUT2D eigenvalue weighted by atomic mass is 16.5. The van der Waals surface area contributed by atoms with Gasteiger partial charge in [-0.15, -0.1) is 0 Å². The Labute approximate surface area is 172 Å². The lowest BCUT2D eigenvalue weighted by Crippen LogP contribution is -2.60. The number of H-pyrrole nitrogens is 1. The van der Waals surface area contributed by atoms with Crippen LogP contribution in [0.25, 0.3) is 0 Å². The molecular weight excluding hydrogens is 370 g/mol. The first-order valence-corrected chi connectivity index (χ1v) is 10.9. The van der Waals surface area contributed by atoms with Crippen LogP contribution in [0.2, 0.25) is 0 Å². The van der Waals surface area contributed by atoms with E-state index >= 15 is 0 Å². The number of aromatic nitrogens is 2. The van der Waals surface area contributed by atoms with E-state index in [-0.39, 0.29) is 24.3 Å². The fourth-order valence-electron chi connectivity index (χ4n) is 5.45. The van der Waals surface area contributed by atoms with Crippen molar-refractivity contribution >= 4 is 11.8 Å². The zero-order valence-electron chi connectivity index (χ0n) is 17.7. The predicted octanol–water partition coefficient (Wildman–Crippen LogP) is 0.990. The maximum atomic E-state index is 13.2. The Kier molecular flexibility index (Phi) is 5.92. The summed E-state index contributed by atoms with van der Waals surface area (Å²) < 4.78 is 5.13. The van der Waals surface area contributed by atoms with E-state index in [1.807, 2.05) is 9.80 Å². The molecule has 0 aromatic carbocycles. The molecule has 1 spiro atoms. The van der Waals surface area contributed by atoms with E-state index in [0.717, 1.165) is 63.1 Å². The molecule has 4 heterocycles. The number of ether oxygens (including phenoxy) is 1. The lowest BCUT2D eigenvalue weighted by molar-refractivity contribution is -0.149. The van der Waals surface area contributed by atoms with Crippen LogP contribution in [-0.4, -0.2) is 89.5 Å². The van der Waals surface area contributed by atoms with Gasteiger partial charge < -0.3 is 24.4 Å².